The first-order valence-electron chi connectivity index (χ1n) is 7.05. The maximum Gasteiger partial charge on any atom is 0.161 e. The minimum atomic E-state index is 0.382. The zero-order valence-electron chi connectivity index (χ0n) is 11.8. The molecule has 1 unspecified atom stereocenters. The number of benzene rings is 1. The molecule has 0 amide bonds. The predicted molar refractivity (Wildman–Crippen MR) is 81.5 cm³/mol. The molecule has 1 aliphatic rings. The van der Waals surface area contributed by atoms with Crippen LogP contribution >= 0.6 is 11.8 Å². The lowest BCUT2D eigenvalue weighted by Crippen LogP contribution is -2.23. The van der Waals surface area contributed by atoms with Crippen LogP contribution < -0.4 is 14.8 Å². The molecule has 3 nitrogen and oxygen atoms in total. The molecular weight excluding hydrogens is 258 g/mol. The van der Waals surface area contributed by atoms with Gasteiger partial charge in [0, 0.05) is 18.2 Å². The molecule has 106 valence electrons. The number of thioether (sulfide) groups is 1. The summed E-state index contributed by atoms with van der Waals surface area (Å²) in [5.74, 6) is 4.00. The Morgan fingerprint density at radius 3 is 2.74 bits per heavy atom. The molecule has 0 saturated heterocycles. The van der Waals surface area contributed by atoms with E-state index in [1.54, 1.807) is 0 Å². The van der Waals surface area contributed by atoms with Crippen molar-refractivity contribution in [1.29, 1.82) is 0 Å². The van der Waals surface area contributed by atoms with Gasteiger partial charge in [0.25, 0.3) is 0 Å². The molecule has 0 aliphatic carbocycles. The van der Waals surface area contributed by atoms with Gasteiger partial charge in [-0.3, -0.25) is 0 Å². The second-order valence-electron chi connectivity index (χ2n) is 4.53. The van der Waals surface area contributed by atoms with E-state index in [9.17, 15) is 0 Å². The molecule has 0 spiro atoms. The van der Waals surface area contributed by atoms with Crippen LogP contribution in [-0.4, -0.2) is 31.3 Å². The van der Waals surface area contributed by atoms with Crippen LogP contribution in [0.25, 0.3) is 0 Å². The van der Waals surface area contributed by atoms with Gasteiger partial charge in [-0.05, 0) is 30.0 Å². The Hall–Kier alpha value is -0.870. The lowest BCUT2D eigenvalue weighted by atomic mass is 10.1. The fraction of sp³-hybridized carbons (Fsp3) is 0.600. The number of hydrogen-bond acceptors (Lipinski definition) is 4. The average Bonchev–Trinajstić information content (AvgIpc) is 2.67. The van der Waals surface area contributed by atoms with Gasteiger partial charge in [-0.15, -0.1) is 0 Å². The van der Waals surface area contributed by atoms with Gasteiger partial charge in [-0.2, -0.15) is 11.8 Å². The number of rotatable bonds is 6. The van der Waals surface area contributed by atoms with Gasteiger partial charge in [-0.25, -0.2) is 0 Å². The van der Waals surface area contributed by atoms with Crippen LogP contribution in [-0.2, 0) is 0 Å². The quantitative estimate of drug-likeness (QED) is 0.867. The fourth-order valence-corrected chi connectivity index (χ4v) is 2.93. The third-order valence-corrected chi connectivity index (χ3v) is 4.09. The van der Waals surface area contributed by atoms with E-state index in [0.717, 1.165) is 49.2 Å². The van der Waals surface area contributed by atoms with E-state index in [0.29, 0.717) is 6.04 Å². The summed E-state index contributed by atoms with van der Waals surface area (Å²) in [6, 6.07) is 6.70. The molecule has 19 heavy (non-hydrogen) atoms. The van der Waals surface area contributed by atoms with Gasteiger partial charge >= 0.3 is 0 Å². The molecule has 1 N–H and O–H groups in total. The van der Waals surface area contributed by atoms with Crippen LogP contribution in [0.3, 0.4) is 0 Å². The predicted octanol–water partition coefficient (Wildman–Crippen LogP) is 3.25. The third-order valence-electron chi connectivity index (χ3n) is 3.11. The minimum absolute atomic E-state index is 0.382. The van der Waals surface area contributed by atoms with Crippen molar-refractivity contribution in [1.82, 2.24) is 5.32 Å². The Labute approximate surface area is 120 Å². The van der Waals surface area contributed by atoms with E-state index in [-0.39, 0.29) is 0 Å². The first kappa shape index (κ1) is 14.5. The van der Waals surface area contributed by atoms with Crippen molar-refractivity contribution < 1.29 is 9.47 Å². The second kappa shape index (κ2) is 7.65. The maximum absolute atomic E-state index is 5.76. The Morgan fingerprint density at radius 2 is 2.00 bits per heavy atom. The largest absolute Gasteiger partial charge is 0.490 e. The molecule has 1 aliphatic heterocycles. The van der Waals surface area contributed by atoms with Gasteiger partial charge < -0.3 is 14.8 Å². The molecule has 2 rings (SSSR count). The highest BCUT2D eigenvalue weighted by Gasteiger charge is 2.15. The van der Waals surface area contributed by atoms with Crippen molar-refractivity contribution in [3.05, 3.63) is 23.8 Å². The SMILES string of the molecule is CCNC(CSCC)c1ccc2c(c1)OCCCO2. The summed E-state index contributed by atoms with van der Waals surface area (Å²) in [6.07, 6.45) is 0.951. The highest BCUT2D eigenvalue weighted by molar-refractivity contribution is 7.99. The van der Waals surface area contributed by atoms with E-state index in [2.05, 4.69) is 31.3 Å². The van der Waals surface area contributed by atoms with Crippen molar-refractivity contribution in [2.24, 2.45) is 0 Å². The molecule has 1 heterocycles. The standard InChI is InChI=1S/C15H23NO2S/c1-3-16-13(11-19-4-2)12-6-7-14-15(10-12)18-9-5-8-17-14/h6-7,10,13,16H,3-5,8-9,11H2,1-2H3. The Balaban J connectivity index is 2.15. The van der Waals surface area contributed by atoms with Crippen molar-refractivity contribution in [3.8, 4) is 11.5 Å². The summed E-state index contributed by atoms with van der Waals surface area (Å²) < 4.78 is 11.4. The maximum atomic E-state index is 5.76. The van der Waals surface area contributed by atoms with E-state index in [4.69, 9.17) is 9.47 Å². The van der Waals surface area contributed by atoms with Crippen molar-refractivity contribution in [2.75, 3.05) is 31.3 Å². The summed E-state index contributed by atoms with van der Waals surface area (Å²) >= 11 is 1.96. The summed E-state index contributed by atoms with van der Waals surface area (Å²) in [5.41, 5.74) is 1.28. The first-order chi connectivity index (χ1) is 9.35. The average molecular weight is 281 g/mol. The van der Waals surface area contributed by atoms with Crippen LogP contribution in [0.2, 0.25) is 0 Å². The number of nitrogens with one attached hydrogen (secondary N) is 1. The van der Waals surface area contributed by atoms with Crippen molar-refractivity contribution >= 4 is 11.8 Å². The monoisotopic (exact) mass is 281 g/mol. The molecule has 0 fully saturated rings. The van der Waals surface area contributed by atoms with Gasteiger partial charge in [0.05, 0.1) is 13.2 Å². The minimum Gasteiger partial charge on any atom is -0.490 e. The zero-order valence-corrected chi connectivity index (χ0v) is 12.6. The van der Waals surface area contributed by atoms with E-state index in [1.807, 2.05) is 17.8 Å². The van der Waals surface area contributed by atoms with Crippen molar-refractivity contribution in [3.63, 3.8) is 0 Å². The van der Waals surface area contributed by atoms with Crippen molar-refractivity contribution in [2.45, 2.75) is 26.3 Å². The number of hydrogen-bond donors (Lipinski definition) is 1. The molecule has 1 atom stereocenters. The molecule has 0 saturated carbocycles. The Kier molecular flexibility index (Phi) is 5.86. The second-order valence-corrected chi connectivity index (χ2v) is 5.85. The fourth-order valence-electron chi connectivity index (χ4n) is 2.15. The van der Waals surface area contributed by atoms with Crippen LogP contribution in [0.4, 0.5) is 0 Å². The van der Waals surface area contributed by atoms with Gasteiger partial charge in [0.15, 0.2) is 11.5 Å². The lowest BCUT2D eigenvalue weighted by molar-refractivity contribution is 0.297. The Bertz CT molecular complexity index is 398. The van der Waals surface area contributed by atoms with Crippen LogP contribution in [0, 0.1) is 0 Å². The van der Waals surface area contributed by atoms with Gasteiger partial charge in [0.2, 0.25) is 0 Å². The number of ether oxygens (including phenoxy) is 2. The smallest absolute Gasteiger partial charge is 0.161 e. The number of fused-ring (bicyclic) bond motifs is 1. The van der Waals surface area contributed by atoms with Gasteiger partial charge in [-0.1, -0.05) is 19.9 Å². The summed E-state index contributed by atoms with van der Waals surface area (Å²) in [6.45, 7) is 6.80. The topological polar surface area (TPSA) is 30.5 Å². The van der Waals surface area contributed by atoms with Crippen LogP contribution in [0.15, 0.2) is 18.2 Å². The molecule has 1 aromatic rings. The first-order valence-corrected chi connectivity index (χ1v) is 8.21. The normalized spacial score (nSPS) is 15.9. The summed E-state index contributed by atoms with van der Waals surface area (Å²) in [7, 11) is 0. The zero-order chi connectivity index (χ0) is 13.5. The third kappa shape index (κ3) is 4.05. The molecule has 1 aromatic carbocycles. The molecular formula is C15H23NO2S. The summed E-state index contributed by atoms with van der Waals surface area (Å²) in [4.78, 5) is 0. The molecule has 0 radical (unpaired) electrons. The Morgan fingerprint density at radius 1 is 1.21 bits per heavy atom. The molecule has 0 aromatic heterocycles. The van der Waals surface area contributed by atoms with E-state index >= 15 is 0 Å². The van der Waals surface area contributed by atoms with Crippen LogP contribution in [0.5, 0.6) is 11.5 Å². The van der Waals surface area contributed by atoms with Crippen LogP contribution in [0.1, 0.15) is 31.9 Å². The molecule has 0 bridgehead atoms. The highest BCUT2D eigenvalue weighted by atomic mass is 32.2. The molecule has 4 heteroatoms. The summed E-state index contributed by atoms with van der Waals surface area (Å²) in [5, 5.41) is 3.54. The van der Waals surface area contributed by atoms with E-state index < -0.39 is 0 Å². The van der Waals surface area contributed by atoms with E-state index in [1.165, 1.54) is 5.56 Å². The lowest BCUT2D eigenvalue weighted by Gasteiger charge is -2.19. The van der Waals surface area contributed by atoms with Gasteiger partial charge in [0.1, 0.15) is 0 Å². The highest BCUT2D eigenvalue weighted by Crippen LogP contribution is 2.33.